The molecule has 1 aromatic heterocycles. The van der Waals surface area contributed by atoms with Crippen molar-refractivity contribution in [1.82, 2.24) is 9.55 Å². The van der Waals surface area contributed by atoms with Crippen LogP contribution in [0.15, 0.2) is 12.4 Å². The van der Waals surface area contributed by atoms with Gasteiger partial charge in [-0.1, -0.05) is 32.1 Å². The predicted octanol–water partition coefficient (Wildman–Crippen LogP) is 2.78. The summed E-state index contributed by atoms with van der Waals surface area (Å²) in [6.45, 7) is 0. The first kappa shape index (κ1) is 11.6. The van der Waals surface area contributed by atoms with Gasteiger partial charge in [-0.15, -0.1) is 0 Å². The molecule has 0 aromatic carbocycles. The van der Waals surface area contributed by atoms with Gasteiger partial charge in [0.05, 0.1) is 6.04 Å². The van der Waals surface area contributed by atoms with E-state index in [-0.39, 0.29) is 6.04 Å². The Morgan fingerprint density at radius 1 is 1.44 bits per heavy atom. The van der Waals surface area contributed by atoms with Crippen LogP contribution < -0.4 is 5.73 Å². The Morgan fingerprint density at radius 3 is 2.81 bits per heavy atom. The molecule has 1 heterocycles. The highest BCUT2D eigenvalue weighted by atomic mass is 15.1. The van der Waals surface area contributed by atoms with Crippen LogP contribution in [0.1, 0.15) is 56.8 Å². The van der Waals surface area contributed by atoms with Crippen LogP contribution in [0.25, 0.3) is 0 Å². The molecule has 1 aromatic rings. The number of imidazole rings is 1. The van der Waals surface area contributed by atoms with E-state index >= 15 is 0 Å². The van der Waals surface area contributed by atoms with Gasteiger partial charge >= 0.3 is 0 Å². The van der Waals surface area contributed by atoms with Gasteiger partial charge in [-0.3, -0.25) is 0 Å². The molecule has 0 amide bonds. The maximum Gasteiger partial charge on any atom is 0.125 e. The lowest BCUT2D eigenvalue weighted by atomic mass is 9.85. The van der Waals surface area contributed by atoms with Gasteiger partial charge in [-0.2, -0.15) is 0 Å². The highest BCUT2D eigenvalue weighted by Crippen LogP contribution is 2.29. The molecule has 0 spiro atoms. The SMILES string of the molecule is Cn1ccnc1C(N)CCC1CCCCC1. The number of nitrogens with zero attached hydrogens (tertiary/aromatic N) is 2. The van der Waals surface area contributed by atoms with Crippen molar-refractivity contribution in [2.24, 2.45) is 18.7 Å². The van der Waals surface area contributed by atoms with Crippen LogP contribution in [-0.2, 0) is 7.05 Å². The van der Waals surface area contributed by atoms with Crippen molar-refractivity contribution in [2.45, 2.75) is 51.0 Å². The van der Waals surface area contributed by atoms with E-state index in [1.165, 1.54) is 38.5 Å². The summed E-state index contributed by atoms with van der Waals surface area (Å²) >= 11 is 0. The topological polar surface area (TPSA) is 43.8 Å². The van der Waals surface area contributed by atoms with E-state index in [1.54, 1.807) is 0 Å². The Bertz CT molecular complexity index is 313. The van der Waals surface area contributed by atoms with Gasteiger partial charge in [-0.25, -0.2) is 4.98 Å². The largest absolute Gasteiger partial charge is 0.337 e. The Morgan fingerprint density at radius 2 is 2.19 bits per heavy atom. The second-order valence-corrected chi connectivity index (χ2v) is 5.08. The van der Waals surface area contributed by atoms with Crippen molar-refractivity contribution in [3.05, 3.63) is 18.2 Å². The minimum atomic E-state index is 0.113. The number of aromatic nitrogens is 2. The number of rotatable bonds is 4. The van der Waals surface area contributed by atoms with Gasteiger partial charge in [0.15, 0.2) is 0 Å². The zero-order valence-electron chi connectivity index (χ0n) is 10.2. The van der Waals surface area contributed by atoms with E-state index < -0.39 is 0 Å². The molecule has 16 heavy (non-hydrogen) atoms. The summed E-state index contributed by atoms with van der Waals surface area (Å²) in [6, 6.07) is 0.113. The third kappa shape index (κ3) is 2.85. The summed E-state index contributed by atoms with van der Waals surface area (Å²) < 4.78 is 2.03. The van der Waals surface area contributed by atoms with Crippen molar-refractivity contribution in [3.63, 3.8) is 0 Å². The van der Waals surface area contributed by atoms with Gasteiger partial charge in [0, 0.05) is 19.4 Å². The molecule has 1 aliphatic rings. The molecule has 3 nitrogen and oxygen atoms in total. The maximum absolute atomic E-state index is 6.17. The Balaban J connectivity index is 1.79. The van der Waals surface area contributed by atoms with E-state index in [0.29, 0.717) is 0 Å². The molecule has 1 aliphatic carbocycles. The van der Waals surface area contributed by atoms with E-state index in [9.17, 15) is 0 Å². The molecule has 0 radical (unpaired) electrons. The molecule has 1 atom stereocenters. The summed E-state index contributed by atoms with van der Waals surface area (Å²) in [5.41, 5.74) is 6.17. The van der Waals surface area contributed by atoms with E-state index in [4.69, 9.17) is 5.73 Å². The fraction of sp³-hybridized carbons (Fsp3) is 0.769. The van der Waals surface area contributed by atoms with Crippen LogP contribution in [0.2, 0.25) is 0 Å². The van der Waals surface area contributed by atoms with Crippen molar-refractivity contribution in [2.75, 3.05) is 0 Å². The Hall–Kier alpha value is -0.830. The van der Waals surface area contributed by atoms with Crippen LogP contribution in [0.5, 0.6) is 0 Å². The zero-order chi connectivity index (χ0) is 11.4. The monoisotopic (exact) mass is 221 g/mol. The average molecular weight is 221 g/mol. The normalized spacial score (nSPS) is 19.9. The van der Waals surface area contributed by atoms with E-state index in [2.05, 4.69) is 4.98 Å². The lowest BCUT2D eigenvalue weighted by Gasteiger charge is -2.22. The Labute approximate surface area is 98.1 Å². The van der Waals surface area contributed by atoms with Crippen molar-refractivity contribution < 1.29 is 0 Å². The van der Waals surface area contributed by atoms with Gasteiger partial charge < -0.3 is 10.3 Å². The minimum absolute atomic E-state index is 0.113. The first-order chi connectivity index (χ1) is 7.77. The smallest absolute Gasteiger partial charge is 0.125 e. The molecule has 1 fully saturated rings. The molecule has 1 unspecified atom stereocenters. The molecule has 2 N–H and O–H groups in total. The molecule has 3 heteroatoms. The standard InChI is InChI=1S/C13H23N3/c1-16-10-9-15-13(16)12(14)8-7-11-5-3-2-4-6-11/h9-12H,2-8,14H2,1H3. The number of aryl methyl sites for hydroxylation is 1. The second-order valence-electron chi connectivity index (χ2n) is 5.08. The van der Waals surface area contributed by atoms with Gasteiger partial charge in [0.1, 0.15) is 5.82 Å². The summed E-state index contributed by atoms with van der Waals surface area (Å²) in [5, 5.41) is 0. The van der Waals surface area contributed by atoms with Crippen molar-refractivity contribution >= 4 is 0 Å². The summed E-state index contributed by atoms with van der Waals surface area (Å²) in [5.74, 6) is 1.94. The van der Waals surface area contributed by atoms with Gasteiger partial charge in [0.25, 0.3) is 0 Å². The third-order valence-electron chi connectivity index (χ3n) is 3.80. The fourth-order valence-corrected chi connectivity index (χ4v) is 2.75. The van der Waals surface area contributed by atoms with Crippen LogP contribution in [0, 0.1) is 5.92 Å². The quantitative estimate of drug-likeness (QED) is 0.849. The highest BCUT2D eigenvalue weighted by Gasteiger charge is 2.16. The van der Waals surface area contributed by atoms with Gasteiger partial charge in [0.2, 0.25) is 0 Å². The molecule has 0 aliphatic heterocycles. The third-order valence-corrected chi connectivity index (χ3v) is 3.80. The number of hydrogen-bond donors (Lipinski definition) is 1. The van der Waals surface area contributed by atoms with Crippen molar-refractivity contribution in [1.29, 1.82) is 0 Å². The van der Waals surface area contributed by atoms with Crippen LogP contribution in [-0.4, -0.2) is 9.55 Å². The minimum Gasteiger partial charge on any atom is -0.337 e. The maximum atomic E-state index is 6.17. The lowest BCUT2D eigenvalue weighted by Crippen LogP contribution is -2.17. The predicted molar refractivity (Wildman–Crippen MR) is 65.9 cm³/mol. The summed E-state index contributed by atoms with van der Waals surface area (Å²) in [7, 11) is 2.02. The second kappa shape index (κ2) is 5.48. The van der Waals surface area contributed by atoms with Crippen LogP contribution in [0.4, 0.5) is 0 Å². The van der Waals surface area contributed by atoms with Crippen LogP contribution >= 0.6 is 0 Å². The Kier molecular flexibility index (Phi) is 3.99. The molecular formula is C13H23N3. The fourth-order valence-electron chi connectivity index (χ4n) is 2.75. The highest BCUT2D eigenvalue weighted by molar-refractivity contribution is 4.97. The molecule has 1 saturated carbocycles. The molecule has 0 saturated heterocycles. The van der Waals surface area contributed by atoms with E-state index in [1.807, 2.05) is 24.0 Å². The number of hydrogen-bond acceptors (Lipinski definition) is 2. The molecular weight excluding hydrogens is 198 g/mol. The van der Waals surface area contributed by atoms with Crippen LogP contribution in [0.3, 0.4) is 0 Å². The average Bonchev–Trinajstić information content (AvgIpc) is 2.74. The van der Waals surface area contributed by atoms with E-state index in [0.717, 1.165) is 18.2 Å². The van der Waals surface area contributed by atoms with Gasteiger partial charge in [-0.05, 0) is 18.8 Å². The summed E-state index contributed by atoms with van der Waals surface area (Å²) in [6.07, 6.45) is 13.2. The van der Waals surface area contributed by atoms with Crippen molar-refractivity contribution in [3.8, 4) is 0 Å². The molecule has 2 rings (SSSR count). The molecule has 0 bridgehead atoms. The lowest BCUT2D eigenvalue weighted by molar-refractivity contribution is 0.321. The number of nitrogens with two attached hydrogens (primary N) is 1. The first-order valence-electron chi connectivity index (χ1n) is 6.50. The molecule has 90 valence electrons. The summed E-state index contributed by atoms with van der Waals surface area (Å²) in [4.78, 5) is 4.32. The first-order valence-corrected chi connectivity index (χ1v) is 6.50. The zero-order valence-corrected chi connectivity index (χ0v) is 10.2.